The fraction of sp³-hybridized carbons (Fsp3) is 0.375. The lowest BCUT2D eigenvalue weighted by molar-refractivity contribution is 1.11. The van der Waals surface area contributed by atoms with E-state index in [0.717, 1.165) is 0 Å². The Labute approximate surface area is 114 Å². The molecule has 0 spiro atoms. The van der Waals surface area contributed by atoms with Crippen molar-refractivity contribution in [2.75, 3.05) is 0 Å². The number of hydrogen-bond acceptors (Lipinski definition) is 2. The molecule has 0 atom stereocenters. The Kier molecular flexibility index (Phi) is 3.60. The maximum Gasteiger partial charge on any atom is 0.0274 e. The molecule has 2 aromatic rings. The standard InChI is InChI=1S/C16H21NS/c1-9-10(2)12(4)16(13(5)11(9)3)14-6-15(7-17)18-8-14/h6,8H,7,17H2,1-5H3. The van der Waals surface area contributed by atoms with Gasteiger partial charge in [-0.15, -0.1) is 11.3 Å². The highest BCUT2D eigenvalue weighted by Gasteiger charge is 2.14. The highest BCUT2D eigenvalue weighted by molar-refractivity contribution is 7.10. The minimum absolute atomic E-state index is 0.632. The van der Waals surface area contributed by atoms with E-state index < -0.39 is 0 Å². The molecule has 0 saturated carbocycles. The predicted molar refractivity (Wildman–Crippen MR) is 81.3 cm³/mol. The zero-order valence-electron chi connectivity index (χ0n) is 11.8. The van der Waals surface area contributed by atoms with Gasteiger partial charge in [-0.05, 0) is 85.0 Å². The molecule has 0 bridgehead atoms. The molecule has 0 aliphatic heterocycles. The third-order valence-electron chi connectivity index (χ3n) is 4.14. The summed E-state index contributed by atoms with van der Waals surface area (Å²) in [4.78, 5) is 1.25. The van der Waals surface area contributed by atoms with Crippen molar-refractivity contribution in [2.24, 2.45) is 5.73 Å². The molecule has 1 heterocycles. The van der Waals surface area contributed by atoms with E-state index in [1.807, 2.05) is 0 Å². The molecule has 0 unspecified atom stereocenters. The van der Waals surface area contributed by atoms with Crippen LogP contribution >= 0.6 is 11.3 Å². The van der Waals surface area contributed by atoms with Crippen molar-refractivity contribution >= 4 is 11.3 Å². The summed E-state index contributed by atoms with van der Waals surface area (Å²) < 4.78 is 0. The van der Waals surface area contributed by atoms with Crippen LogP contribution in [0.4, 0.5) is 0 Å². The van der Waals surface area contributed by atoms with Crippen LogP contribution < -0.4 is 5.73 Å². The Balaban J connectivity index is 2.71. The molecule has 1 nitrogen and oxygen atoms in total. The van der Waals surface area contributed by atoms with Gasteiger partial charge in [0.15, 0.2) is 0 Å². The van der Waals surface area contributed by atoms with E-state index in [9.17, 15) is 0 Å². The van der Waals surface area contributed by atoms with E-state index >= 15 is 0 Å². The Morgan fingerprint density at radius 2 is 1.39 bits per heavy atom. The number of thiophene rings is 1. The summed E-state index contributed by atoms with van der Waals surface area (Å²) >= 11 is 1.75. The Morgan fingerprint density at radius 3 is 1.83 bits per heavy atom. The third-order valence-corrected chi connectivity index (χ3v) is 5.10. The normalized spacial score (nSPS) is 11.0. The summed E-state index contributed by atoms with van der Waals surface area (Å²) in [7, 11) is 0. The van der Waals surface area contributed by atoms with Crippen LogP contribution in [-0.2, 0) is 6.54 Å². The van der Waals surface area contributed by atoms with E-state index in [1.165, 1.54) is 43.8 Å². The van der Waals surface area contributed by atoms with Gasteiger partial charge in [0.1, 0.15) is 0 Å². The van der Waals surface area contributed by atoms with Gasteiger partial charge in [0.05, 0.1) is 0 Å². The zero-order valence-corrected chi connectivity index (χ0v) is 12.7. The van der Waals surface area contributed by atoms with E-state index in [-0.39, 0.29) is 0 Å². The molecule has 0 aliphatic carbocycles. The molecule has 1 aromatic heterocycles. The van der Waals surface area contributed by atoms with Gasteiger partial charge in [-0.3, -0.25) is 0 Å². The van der Waals surface area contributed by atoms with Gasteiger partial charge in [-0.2, -0.15) is 0 Å². The second-order valence-corrected chi connectivity index (χ2v) is 6.00. The fourth-order valence-electron chi connectivity index (χ4n) is 2.55. The van der Waals surface area contributed by atoms with Crippen LogP contribution in [0.5, 0.6) is 0 Å². The van der Waals surface area contributed by atoms with E-state index in [4.69, 9.17) is 5.73 Å². The average molecular weight is 259 g/mol. The Hall–Kier alpha value is -1.12. The molecule has 0 aliphatic rings. The van der Waals surface area contributed by atoms with Crippen molar-refractivity contribution < 1.29 is 0 Å². The topological polar surface area (TPSA) is 26.0 Å². The molecular formula is C16H21NS. The monoisotopic (exact) mass is 259 g/mol. The second kappa shape index (κ2) is 4.87. The number of benzene rings is 1. The SMILES string of the molecule is Cc1c(C)c(C)c(-c2csc(CN)c2)c(C)c1C. The lowest BCUT2D eigenvalue weighted by Crippen LogP contribution is -1.99. The molecule has 0 fully saturated rings. The van der Waals surface area contributed by atoms with Crippen LogP contribution in [0.1, 0.15) is 32.7 Å². The van der Waals surface area contributed by atoms with Crippen molar-refractivity contribution in [1.82, 2.24) is 0 Å². The molecule has 0 radical (unpaired) electrons. The Bertz CT molecular complexity index is 564. The summed E-state index contributed by atoms with van der Waals surface area (Å²) in [5.74, 6) is 0. The van der Waals surface area contributed by atoms with Crippen LogP contribution in [0, 0.1) is 34.6 Å². The minimum atomic E-state index is 0.632. The van der Waals surface area contributed by atoms with Gasteiger partial charge < -0.3 is 5.73 Å². The summed E-state index contributed by atoms with van der Waals surface area (Å²) in [5, 5.41) is 2.23. The van der Waals surface area contributed by atoms with Gasteiger partial charge >= 0.3 is 0 Å². The molecule has 2 heteroatoms. The molecule has 2 rings (SSSR count). The predicted octanol–water partition coefficient (Wildman–Crippen LogP) is 4.42. The van der Waals surface area contributed by atoms with Gasteiger partial charge in [0.25, 0.3) is 0 Å². The largest absolute Gasteiger partial charge is 0.326 e. The highest BCUT2D eigenvalue weighted by Crippen LogP contribution is 2.35. The lowest BCUT2D eigenvalue weighted by Gasteiger charge is -2.18. The zero-order chi connectivity index (χ0) is 13.4. The minimum Gasteiger partial charge on any atom is -0.326 e. The van der Waals surface area contributed by atoms with Gasteiger partial charge in [-0.1, -0.05) is 0 Å². The lowest BCUT2D eigenvalue weighted by atomic mass is 9.87. The van der Waals surface area contributed by atoms with Crippen molar-refractivity contribution in [3.63, 3.8) is 0 Å². The van der Waals surface area contributed by atoms with Crippen molar-refractivity contribution in [1.29, 1.82) is 0 Å². The first-order valence-corrected chi connectivity index (χ1v) is 7.20. The van der Waals surface area contributed by atoms with E-state index in [0.29, 0.717) is 6.54 Å². The van der Waals surface area contributed by atoms with E-state index in [1.54, 1.807) is 11.3 Å². The molecule has 0 saturated heterocycles. The first-order valence-electron chi connectivity index (χ1n) is 6.32. The summed E-state index contributed by atoms with van der Waals surface area (Å²) in [5.41, 5.74) is 15.5. The summed E-state index contributed by atoms with van der Waals surface area (Å²) in [6.07, 6.45) is 0. The maximum absolute atomic E-state index is 5.71. The molecule has 1 aromatic carbocycles. The van der Waals surface area contributed by atoms with Gasteiger partial charge in [0, 0.05) is 11.4 Å². The average Bonchev–Trinajstić information content (AvgIpc) is 2.83. The number of hydrogen-bond donors (Lipinski definition) is 1. The molecular weight excluding hydrogens is 238 g/mol. The first-order chi connectivity index (χ1) is 8.47. The molecule has 2 N–H and O–H groups in total. The highest BCUT2D eigenvalue weighted by atomic mass is 32.1. The van der Waals surface area contributed by atoms with Crippen molar-refractivity contribution in [2.45, 2.75) is 41.2 Å². The molecule has 96 valence electrons. The summed E-state index contributed by atoms with van der Waals surface area (Å²) in [6, 6.07) is 2.23. The van der Waals surface area contributed by atoms with Crippen molar-refractivity contribution in [3.05, 3.63) is 44.1 Å². The van der Waals surface area contributed by atoms with Gasteiger partial charge in [-0.25, -0.2) is 0 Å². The third kappa shape index (κ3) is 2.00. The van der Waals surface area contributed by atoms with Gasteiger partial charge in [0.2, 0.25) is 0 Å². The summed E-state index contributed by atoms with van der Waals surface area (Å²) in [6.45, 7) is 11.7. The van der Waals surface area contributed by atoms with E-state index in [2.05, 4.69) is 46.1 Å². The van der Waals surface area contributed by atoms with Crippen LogP contribution in [-0.4, -0.2) is 0 Å². The van der Waals surface area contributed by atoms with Crippen LogP contribution in [0.2, 0.25) is 0 Å². The Morgan fingerprint density at radius 1 is 0.889 bits per heavy atom. The number of nitrogens with two attached hydrogens (primary N) is 1. The smallest absolute Gasteiger partial charge is 0.0274 e. The fourth-order valence-corrected chi connectivity index (χ4v) is 3.31. The molecule has 0 amide bonds. The quantitative estimate of drug-likeness (QED) is 0.849. The van der Waals surface area contributed by atoms with Crippen LogP contribution in [0.15, 0.2) is 11.4 Å². The maximum atomic E-state index is 5.71. The molecule has 18 heavy (non-hydrogen) atoms. The van der Waals surface area contributed by atoms with Crippen LogP contribution in [0.25, 0.3) is 11.1 Å². The second-order valence-electron chi connectivity index (χ2n) is 5.01. The van der Waals surface area contributed by atoms with Crippen LogP contribution in [0.3, 0.4) is 0 Å². The number of rotatable bonds is 2. The first kappa shape index (κ1) is 13.3. The van der Waals surface area contributed by atoms with Crippen molar-refractivity contribution in [3.8, 4) is 11.1 Å².